The SMILES string of the molecule is CCOc1cc(/C=C/C(=O)c2ccc(OCC(=O)O)cc2)cc(Cl)c1OC. The van der Waals surface area contributed by atoms with E-state index in [1.54, 1.807) is 42.5 Å². The van der Waals surface area contributed by atoms with Crippen molar-refractivity contribution in [3.63, 3.8) is 0 Å². The van der Waals surface area contributed by atoms with Gasteiger partial charge in [-0.25, -0.2) is 4.79 Å². The van der Waals surface area contributed by atoms with E-state index in [-0.39, 0.29) is 5.78 Å². The van der Waals surface area contributed by atoms with Gasteiger partial charge in [-0.1, -0.05) is 17.7 Å². The molecule has 27 heavy (non-hydrogen) atoms. The second-order valence-electron chi connectivity index (χ2n) is 5.37. The van der Waals surface area contributed by atoms with Gasteiger partial charge in [-0.05, 0) is 55.0 Å². The van der Waals surface area contributed by atoms with E-state index >= 15 is 0 Å². The van der Waals surface area contributed by atoms with Crippen molar-refractivity contribution in [2.75, 3.05) is 20.3 Å². The maximum atomic E-state index is 12.3. The van der Waals surface area contributed by atoms with Gasteiger partial charge >= 0.3 is 5.97 Å². The highest BCUT2D eigenvalue weighted by Gasteiger charge is 2.11. The minimum absolute atomic E-state index is 0.218. The number of aliphatic carboxylic acids is 1. The van der Waals surface area contributed by atoms with Gasteiger partial charge in [0, 0.05) is 5.56 Å². The Bertz CT molecular complexity index is 842. The van der Waals surface area contributed by atoms with Gasteiger partial charge in [-0.15, -0.1) is 0 Å². The number of halogens is 1. The number of ketones is 1. The van der Waals surface area contributed by atoms with Crippen LogP contribution in [0, 0.1) is 0 Å². The average molecular weight is 391 g/mol. The number of carbonyl (C=O) groups excluding carboxylic acids is 1. The van der Waals surface area contributed by atoms with E-state index in [9.17, 15) is 9.59 Å². The second kappa shape index (κ2) is 9.64. The van der Waals surface area contributed by atoms with Crippen molar-refractivity contribution < 1.29 is 28.9 Å². The number of hydrogen-bond donors (Lipinski definition) is 1. The average Bonchev–Trinajstić information content (AvgIpc) is 2.65. The summed E-state index contributed by atoms with van der Waals surface area (Å²) in [5, 5.41) is 8.97. The molecule has 2 aromatic rings. The summed E-state index contributed by atoms with van der Waals surface area (Å²) in [5.41, 5.74) is 1.14. The van der Waals surface area contributed by atoms with Gasteiger partial charge in [0.15, 0.2) is 23.9 Å². The smallest absolute Gasteiger partial charge is 0.341 e. The van der Waals surface area contributed by atoms with Crippen LogP contribution in [-0.2, 0) is 4.79 Å². The normalized spacial score (nSPS) is 10.6. The molecule has 6 nitrogen and oxygen atoms in total. The van der Waals surface area contributed by atoms with Crippen LogP contribution in [0.2, 0.25) is 5.02 Å². The van der Waals surface area contributed by atoms with Crippen molar-refractivity contribution in [3.8, 4) is 17.2 Å². The molecule has 7 heteroatoms. The number of carbonyl (C=O) groups is 2. The number of rotatable bonds is 9. The number of carboxylic acid groups (broad SMARTS) is 1. The first-order valence-electron chi connectivity index (χ1n) is 8.12. The molecule has 0 aromatic heterocycles. The summed E-state index contributed by atoms with van der Waals surface area (Å²) in [7, 11) is 1.51. The molecule has 0 atom stereocenters. The topological polar surface area (TPSA) is 82.1 Å². The molecule has 2 rings (SSSR count). The Morgan fingerprint density at radius 1 is 1.15 bits per heavy atom. The summed E-state index contributed by atoms with van der Waals surface area (Å²) in [4.78, 5) is 22.8. The van der Waals surface area contributed by atoms with E-state index in [4.69, 9.17) is 30.9 Å². The van der Waals surface area contributed by atoms with Crippen LogP contribution in [0.25, 0.3) is 6.08 Å². The van der Waals surface area contributed by atoms with E-state index in [0.717, 1.165) is 0 Å². The van der Waals surface area contributed by atoms with Crippen molar-refractivity contribution in [1.82, 2.24) is 0 Å². The van der Waals surface area contributed by atoms with Gasteiger partial charge in [-0.2, -0.15) is 0 Å². The number of methoxy groups -OCH3 is 1. The van der Waals surface area contributed by atoms with Crippen LogP contribution in [0.1, 0.15) is 22.8 Å². The zero-order valence-electron chi connectivity index (χ0n) is 14.9. The molecule has 0 aliphatic heterocycles. The molecule has 142 valence electrons. The van der Waals surface area contributed by atoms with Gasteiger partial charge in [0.25, 0.3) is 0 Å². The van der Waals surface area contributed by atoms with Crippen molar-refractivity contribution in [3.05, 3.63) is 58.6 Å². The molecule has 0 saturated carbocycles. The molecule has 0 amide bonds. The van der Waals surface area contributed by atoms with Gasteiger partial charge in [0.2, 0.25) is 0 Å². The molecule has 0 unspecified atom stereocenters. The third-order valence-corrected chi connectivity index (χ3v) is 3.74. The number of allylic oxidation sites excluding steroid dienone is 1. The fraction of sp³-hybridized carbons (Fsp3) is 0.200. The lowest BCUT2D eigenvalue weighted by Gasteiger charge is -2.11. The zero-order chi connectivity index (χ0) is 19.8. The highest BCUT2D eigenvalue weighted by molar-refractivity contribution is 6.32. The number of carboxylic acids is 1. The predicted octanol–water partition coefficient (Wildman–Crippen LogP) is 4.11. The Hall–Kier alpha value is -2.99. The summed E-state index contributed by atoms with van der Waals surface area (Å²) in [6.07, 6.45) is 3.05. The molecule has 2 aromatic carbocycles. The van der Waals surface area contributed by atoms with Crippen LogP contribution >= 0.6 is 11.6 Å². The first kappa shape index (κ1) is 20.3. The van der Waals surface area contributed by atoms with E-state index in [1.165, 1.54) is 13.2 Å². The van der Waals surface area contributed by atoms with Crippen molar-refractivity contribution in [2.45, 2.75) is 6.92 Å². The van der Waals surface area contributed by atoms with Crippen molar-refractivity contribution >= 4 is 29.4 Å². The summed E-state index contributed by atoms with van der Waals surface area (Å²) < 4.78 is 15.8. The maximum Gasteiger partial charge on any atom is 0.341 e. The molecule has 0 aliphatic rings. The standard InChI is InChI=1S/C20H19ClO6/c1-3-26-18-11-13(10-16(21)20(18)25-2)4-9-17(22)14-5-7-15(8-6-14)27-12-19(23)24/h4-11H,3,12H2,1-2H3,(H,23,24)/b9-4+. The lowest BCUT2D eigenvalue weighted by atomic mass is 10.1. The van der Waals surface area contributed by atoms with Crippen molar-refractivity contribution in [2.24, 2.45) is 0 Å². The largest absolute Gasteiger partial charge is 0.491 e. The van der Waals surface area contributed by atoms with Gasteiger partial charge in [0.1, 0.15) is 5.75 Å². The van der Waals surface area contributed by atoms with Gasteiger partial charge < -0.3 is 19.3 Å². The highest BCUT2D eigenvalue weighted by atomic mass is 35.5. The van der Waals surface area contributed by atoms with Crippen LogP contribution in [-0.4, -0.2) is 37.2 Å². The van der Waals surface area contributed by atoms with E-state index < -0.39 is 12.6 Å². The van der Waals surface area contributed by atoms with Crippen LogP contribution in [0.4, 0.5) is 0 Å². The Morgan fingerprint density at radius 2 is 1.85 bits per heavy atom. The molecule has 0 aliphatic carbocycles. The summed E-state index contributed by atoms with van der Waals surface area (Å²) in [6, 6.07) is 9.63. The molecule has 0 bridgehead atoms. The first-order valence-corrected chi connectivity index (χ1v) is 8.49. The third-order valence-electron chi connectivity index (χ3n) is 3.46. The Balaban J connectivity index is 2.13. The Kier molecular flexibility index (Phi) is 7.25. The molecule has 0 radical (unpaired) electrons. The quantitative estimate of drug-likeness (QED) is 0.512. The minimum atomic E-state index is -1.07. The van der Waals surface area contributed by atoms with E-state index in [2.05, 4.69) is 0 Å². The summed E-state index contributed by atoms with van der Waals surface area (Å²) in [6.45, 7) is 1.87. The molecular weight excluding hydrogens is 372 g/mol. The van der Waals surface area contributed by atoms with Gasteiger partial charge in [-0.3, -0.25) is 4.79 Å². The fourth-order valence-electron chi connectivity index (χ4n) is 2.27. The molecule has 1 N–H and O–H groups in total. The lowest BCUT2D eigenvalue weighted by molar-refractivity contribution is -0.139. The summed E-state index contributed by atoms with van der Waals surface area (Å²) in [5.74, 6) is 0.0343. The van der Waals surface area contributed by atoms with Crippen LogP contribution in [0.15, 0.2) is 42.5 Å². The molecule has 0 saturated heterocycles. The van der Waals surface area contributed by atoms with Crippen LogP contribution in [0.5, 0.6) is 17.2 Å². The van der Waals surface area contributed by atoms with E-state index in [0.29, 0.717) is 40.0 Å². The second-order valence-corrected chi connectivity index (χ2v) is 5.78. The molecular formula is C20H19ClO6. The summed E-state index contributed by atoms with van der Waals surface area (Å²) >= 11 is 6.19. The maximum absolute atomic E-state index is 12.3. The minimum Gasteiger partial charge on any atom is -0.491 e. The first-order chi connectivity index (χ1) is 12.9. The Morgan fingerprint density at radius 3 is 2.44 bits per heavy atom. The molecule has 0 fully saturated rings. The number of hydrogen-bond acceptors (Lipinski definition) is 5. The Labute approximate surface area is 161 Å². The predicted molar refractivity (Wildman–Crippen MR) is 102 cm³/mol. The molecule has 0 spiro atoms. The highest BCUT2D eigenvalue weighted by Crippen LogP contribution is 2.36. The molecule has 0 heterocycles. The zero-order valence-corrected chi connectivity index (χ0v) is 15.7. The number of benzene rings is 2. The lowest BCUT2D eigenvalue weighted by Crippen LogP contribution is -2.09. The van der Waals surface area contributed by atoms with Crippen molar-refractivity contribution in [1.29, 1.82) is 0 Å². The van der Waals surface area contributed by atoms with Crippen LogP contribution in [0.3, 0.4) is 0 Å². The van der Waals surface area contributed by atoms with E-state index in [1.807, 2.05) is 6.92 Å². The van der Waals surface area contributed by atoms with Crippen LogP contribution < -0.4 is 14.2 Å². The third kappa shape index (κ3) is 5.76. The number of ether oxygens (including phenoxy) is 3. The van der Waals surface area contributed by atoms with Gasteiger partial charge in [0.05, 0.1) is 18.7 Å². The fourth-order valence-corrected chi connectivity index (χ4v) is 2.57. The monoisotopic (exact) mass is 390 g/mol.